The van der Waals surface area contributed by atoms with Crippen LogP contribution in [0, 0.1) is 0 Å². The zero-order valence-electron chi connectivity index (χ0n) is 15.2. The van der Waals surface area contributed by atoms with Crippen LogP contribution < -0.4 is 10.5 Å². The minimum absolute atomic E-state index is 0.144. The topological polar surface area (TPSA) is 62.4 Å². The van der Waals surface area contributed by atoms with Gasteiger partial charge in [-0.2, -0.15) is 0 Å². The van der Waals surface area contributed by atoms with Crippen LogP contribution in [0.25, 0.3) is 11.1 Å². The largest absolute Gasteiger partial charge is 0.441 e. The number of hydrogen-bond acceptors (Lipinski definition) is 3. The fourth-order valence-electron chi connectivity index (χ4n) is 3.64. The van der Waals surface area contributed by atoms with Crippen molar-refractivity contribution in [2.75, 3.05) is 4.90 Å². The zero-order valence-corrected chi connectivity index (χ0v) is 15.2. The molecule has 0 radical (unpaired) electrons. The number of nitrogens with one attached hydrogen (secondary N) is 1. The van der Waals surface area contributed by atoms with Crippen LogP contribution in [-0.4, -0.2) is 16.7 Å². The number of rotatable bonds is 3. The van der Waals surface area contributed by atoms with E-state index in [1.165, 1.54) is 0 Å². The number of ether oxygens (including phenoxy) is 1. The number of hydrogen-bond donors (Lipinski definition) is 1. The first kappa shape index (κ1) is 17.1. The number of carbonyl (C=O) groups excluding carboxylic acids is 1. The minimum Gasteiger partial charge on any atom is -0.441 e. The molecule has 1 aliphatic heterocycles. The van der Waals surface area contributed by atoms with Gasteiger partial charge >= 0.3 is 6.09 Å². The van der Waals surface area contributed by atoms with E-state index in [1.54, 1.807) is 23.2 Å². The summed E-state index contributed by atoms with van der Waals surface area (Å²) < 4.78 is 5.65. The summed E-state index contributed by atoms with van der Waals surface area (Å²) in [4.78, 5) is 29.0. The molecule has 1 fully saturated rings. The molecule has 0 bridgehead atoms. The van der Waals surface area contributed by atoms with Crippen LogP contribution in [0.15, 0.2) is 77.7 Å². The van der Waals surface area contributed by atoms with Crippen molar-refractivity contribution in [1.82, 2.24) is 4.98 Å². The number of anilines is 1. The molecule has 0 saturated carbocycles. The number of nitrogens with zero attached hydrogens (tertiary/aromatic N) is 1. The molecule has 1 aliphatic rings. The Labute approximate surface area is 157 Å². The Kier molecular flexibility index (Phi) is 4.07. The standard InChI is InChI=1S/C22H20N2O3/c1-22(2)19(16-7-4-3-5-8-16)24(21(26)27-22)17-12-10-15(11-13-17)18-9-6-14-23-20(18)25/h3-14,19H,1-2H3,(H,23,25). The van der Waals surface area contributed by atoms with E-state index >= 15 is 0 Å². The summed E-state index contributed by atoms with van der Waals surface area (Å²) in [6.07, 6.45) is 1.23. The SMILES string of the molecule is CC1(C)OC(=O)N(c2ccc(-c3ccc[nH]c3=O)cc2)C1c1ccccc1. The van der Waals surface area contributed by atoms with E-state index in [0.717, 1.165) is 16.8 Å². The van der Waals surface area contributed by atoms with E-state index in [4.69, 9.17) is 4.74 Å². The molecule has 2 aromatic carbocycles. The van der Waals surface area contributed by atoms with Gasteiger partial charge in [0.2, 0.25) is 0 Å². The highest BCUT2D eigenvalue weighted by Gasteiger charge is 2.49. The van der Waals surface area contributed by atoms with Crippen molar-refractivity contribution in [2.45, 2.75) is 25.5 Å². The monoisotopic (exact) mass is 360 g/mol. The van der Waals surface area contributed by atoms with Crippen molar-refractivity contribution < 1.29 is 9.53 Å². The van der Waals surface area contributed by atoms with Crippen LogP contribution in [0.5, 0.6) is 0 Å². The first-order chi connectivity index (χ1) is 13.0. The number of cyclic esters (lactones) is 1. The molecular weight excluding hydrogens is 340 g/mol. The lowest BCUT2D eigenvalue weighted by Crippen LogP contribution is -2.33. The molecular formula is C22H20N2O3. The Balaban J connectivity index is 1.74. The average Bonchev–Trinajstić information content (AvgIpc) is 2.91. The van der Waals surface area contributed by atoms with Gasteiger partial charge in [0.1, 0.15) is 11.6 Å². The fourth-order valence-corrected chi connectivity index (χ4v) is 3.64. The summed E-state index contributed by atoms with van der Waals surface area (Å²) in [5.74, 6) is 0. The van der Waals surface area contributed by atoms with Crippen molar-refractivity contribution in [1.29, 1.82) is 0 Å². The summed E-state index contributed by atoms with van der Waals surface area (Å²) in [6.45, 7) is 3.83. The number of aromatic nitrogens is 1. The Morgan fingerprint density at radius 1 is 0.926 bits per heavy atom. The normalized spacial score (nSPS) is 18.4. The second kappa shape index (κ2) is 6.43. The van der Waals surface area contributed by atoms with Gasteiger partial charge in [0, 0.05) is 17.4 Å². The van der Waals surface area contributed by atoms with E-state index in [-0.39, 0.29) is 17.7 Å². The fraction of sp³-hybridized carbons (Fsp3) is 0.182. The minimum atomic E-state index is -0.659. The van der Waals surface area contributed by atoms with Gasteiger partial charge in [0.25, 0.3) is 5.56 Å². The lowest BCUT2D eigenvalue weighted by Gasteiger charge is -2.29. The lowest BCUT2D eigenvalue weighted by molar-refractivity contribution is 0.0685. The smallest absolute Gasteiger partial charge is 0.415 e. The highest BCUT2D eigenvalue weighted by molar-refractivity contribution is 5.92. The molecule has 27 heavy (non-hydrogen) atoms. The number of pyridine rings is 1. The number of benzene rings is 2. The van der Waals surface area contributed by atoms with Crippen molar-refractivity contribution in [3.8, 4) is 11.1 Å². The average molecular weight is 360 g/mol. The van der Waals surface area contributed by atoms with Crippen molar-refractivity contribution >= 4 is 11.8 Å². The molecule has 1 N–H and O–H groups in total. The molecule has 1 unspecified atom stereocenters. The van der Waals surface area contributed by atoms with E-state index in [1.807, 2.05) is 68.4 Å². The van der Waals surface area contributed by atoms with Gasteiger partial charge in [-0.15, -0.1) is 0 Å². The number of H-pyrrole nitrogens is 1. The van der Waals surface area contributed by atoms with Crippen LogP contribution >= 0.6 is 0 Å². The van der Waals surface area contributed by atoms with E-state index in [0.29, 0.717) is 5.56 Å². The summed E-state index contributed by atoms with van der Waals surface area (Å²) in [7, 11) is 0. The number of amides is 1. The molecule has 4 rings (SSSR count). The number of carbonyl (C=O) groups is 1. The quantitative estimate of drug-likeness (QED) is 0.747. The Morgan fingerprint density at radius 3 is 2.30 bits per heavy atom. The maximum Gasteiger partial charge on any atom is 0.415 e. The highest BCUT2D eigenvalue weighted by Crippen LogP contribution is 2.43. The Hall–Kier alpha value is -3.34. The predicted molar refractivity (Wildman–Crippen MR) is 105 cm³/mol. The van der Waals surface area contributed by atoms with Gasteiger partial charge in [0.05, 0.1) is 0 Å². The van der Waals surface area contributed by atoms with Crippen LogP contribution in [0.3, 0.4) is 0 Å². The summed E-state index contributed by atoms with van der Waals surface area (Å²) in [5, 5.41) is 0. The van der Waals surface area contributed by atoms with Gasteiger partial charge in [0.15, 0.2) is 0 Å². The summed E-state index contributed by atoms with van der Waals surface area (Å²) >= 11 is 0. The second-order valence-electron chi connectivity index (χ2n) is 7.11. The molecule has 0 spiro atoms. The third-order valence-electron chi connectivity index (χ3n) is 4.85. The van der Waals surface area contributed by atoms with Gasteiger partial charge < -0.3 is 9.72 Å². The second-order valence-corrected chi connectivity index (χ2v) is 7.11. The molecule has 1 saturated heterocycles. The molecule has 2 heterocycles. The molecule has 1 aromatic heterocycles. The molecule has 0 aliphatic carbocycles. The molecule has 5 nitrogen and oxygen atoms in total. The molecule has 1 amide bonds. The third-order valence-corrected chi connectivity index (χ3v) is 4.85. The third kappa shape index (κ3) is 3.01. The van der Waals surface area contributed by atoms with Crippen LogP contribution in [-0.2, 0) is 4.74 Å². The zero-order chi connectivity index (χ0) is 19.0. The van der Waals surface area contributed by atoms with E-state index in [9.17, 15) is 9.59 Å². The lowest BCUT2D eigenvalue weighted by atomic mass is 9.91. The van der Waals surface area contributed by atoms with Gasteiger partial charge in [-0.05, 0) is 49.2 Å². The Bertz CT molecular complexity index is 1020. The molecule has 3 aromatic rings. The van der Waals surface area contributed by atoms with Crippen LogP contribution in [0.4, 0.5) is 10.5 Å². The van der Waals surface area contributed by atoms with Gasteiger partial charge in [-0.1, -0.05) is 42.5 Å². The molecule has 1 atom stereocenters. The Morgan fingerprint density at radius 2 is 1.63 bits per heavy atom. The van der Waals surface area contributed by atoms with Crippen molar-refractivity contribution in [3.63, 3.8) is 0 Å². The predicted octanol–water partition coefficient (Wildman–Crippen LogP) is 4.52. The van der Waals surface area contributed by atoms with Crippen LogP contribution in [0.1, 0.15) is 25.5 Å². The summed E-state index contributed by atoms with van der Waals surface area (Å²) in [5.41, 5.74) is 2.33. The van der Waals surface area contributed by atoms with Crippen molar-refractivity contribution in [2.24, 2.45) is 0 Å². The maximum atomic E-state index is 12.6. The molecule has 136 valence electrons. The van der Waals surface area contributed by atoms with Crippen LogP contribution in [0.2, 0.25) is 0 Å². The van der Waals surface area contributed by atoms with Gasteiger partial charge in [-0.3, -0.25) is 9.69 Å². The molecule has 5 heteroatoms. The highest BCUT2D eigenvalue weighted by atomic mass is 16.6. The van der Waals surface area contributed by atoms with E-state index < -0.39 is 5.60 Å². The van der Waals surface area contributed by atoms with E-state index in [2.05, 4.69) is 4.98 Å². The summed E-state index contributed by atoms with van der Waals surface area (Å²) in [6, 6.07) is 20.6. The first-order valence-corrected chi connectivity index (χ1v) is 8.83. The number of aromatic amines is 1. The van der Waals surface area contributed by atoms with Crippen molar-refractivity contribution in [3.05, 3.63) is 88.8 Å². The van der Waals surface area contributed by atoms with Gasteiger partial charge in [-0.25, -0.2) is 4.79 Å². The maximum absolute atomic E-state index is 12.6. The first-order valence-electron chi connectivity index (χ1n) is 8.83.